The average Bonchev–Trinajstić information content (AvgIpc) is 3.50. The van der Waals surface area contributed by atoms with Gasteiger partial charge in [0.05, 0.1) is 17.5 Å². The number of fused-ring (bicyclic) bond motifs is 1. The number of hydrogen-bond donors (Lipinski definition) is 1. The molecule has 1 fully saturated rings. The van der Waals surface area contributed by atoms with Crippen LogP contribution >= 0.6 is 0 Å². The molecule has 1 aromatic carbocycles. The third kappa shape index (κ3) is 4.01. The minimum atomic E-state index is -0.208. The fourth-order valence-corrected chi connectivity index (χ4v) is 4.39. The molecule has 1 saturated heterocycles. The molecule has 33 heavy (non-hydrogen) atoms. The minimum Gasteiger partial charge on any atom is -0.339 e. The highest BCUT2D eigenvalue weighted by Crippen LogP contribution is 2.35. The molecule has 0 spiro atoms. The second kappa shape index (κ2) is 8.70. The zero-order valence-electron chi connectivity index (χ0n) is 18.0. The number of likely N-dealkylation sites (tertiary alicyclic amines) is 1. The molecule has 7 heteroatoms. The van der Waals surface area contributed by atoms with Crippen molar-refractivity contribution in [2.75, 3.05) is 18.4 Å². The summed E-state index contributed by atoms with van der Waals surface area (Å²) in [4.78, 5) is 34.9. The van der Waals surface area contributed by atoms with Gasteiger partial charge in [-0.15, -0.1) is 0 Å². The van der Waals surface area contributed by atoms with Crippen molar-refractivity contribution in [3.8, 4) is 11.3 Å². The highest BCUT2D eigenvalue weighted by atomic mass is 16.2. The molecule has 0 bridgehead atoms. The molecule has 1 unspecified atom stereocenters. The minimum absolute atomic E-state index is 0.0255. The van der Waals surface area contributed by atoms with Crippen LogP contribution in [0.3, 0.4) is 0 Å². The summed E-state index contributed by atoms with van der Waals surface area (Å²) in [5.74, 6) is 0.534. The number of amides is 2. The number of hydrogen-bond acceptors (Lipinski definition) is 4. The molecule has 4 heterocycles. The van der Waals surface area contributed by atoms with Crippen LogP contribution in [-0.2, 0) is 4.79 Å². The standard InChI is InChI=1S/C26H23N5O2/c1-2-25(32)30-14-11-20(16-30)21-15-23(31-17-27-13-10-22(21)31)18-6-8-19(9-7-18)26(33)29-24-5-3-4-12-28-24/h2-10,12-13,15,17,20H,1,11,14,16H2,(H,28,29,33). The summed E-state index contributed by atoms with van der Waals surface area (Å²) in [6, 6.07) is 17.1. The van der Waals surface area contributed by atoms with E-state index in [-0.39, 0.29) is 17.7 Å². The van der Waals surface area contributed by atoms with Crippen LogP contribution < -0.4 is 5.32 Å². The number of pyridine rings is 1. The first kappa shape index (κ1) is 20.6. The van der Waals surface area contributed by atoms with Gasteiger partial charge in [0.25, 0.3) is 5.91 Å². The van der Waals surface area contributed by atoms with Gasteiger partial charge in [0.15, 0.2) is 0 Å². The fraction of sp³-hybridized carbons (Fsp3) is 0.154. The smallest absolute Gasteiger partial charge is 0.256 e. The van der Waals surface area contributed by atoms with Crippen molar-refractivity contribution < 1.29 is 9.59 Å². The summed E-state index contributed by atoms with van der Waals surface area (Å²) < 4.78 is 2.07. The SMILES string of the molecule is C=CC(=O)N1CCC(c2cc(-c3ccc(C(=O)Nc4ccccn4)cc3)n3cnccc23)C1. The predicted octanol–water partition coefficient (Wildman–Crippen LogP) is 4.15. The molecule has 5 rings (SSSR count). The van der Waals surface area contributed by atoms with Gasteiger partial charge in [0.1, 0.15) is 5.82 Å². The Balaban J connectivity index is 1.43. The lowest BCUT2D eigenvalue weighted by Crippen LogP contribution is -2.26. The Morgan fingerprint density at radius 1 is 1.09 bits per heavy atom. The monoisotopic (exact) mass is 437 g/mol. The first-order chi connectivity index (χ1) is 16.1. The lowest BCUT2D eigenvalue weighted by molar-refractivity contribution is -0.125. The zero-order valence-corrected chi connectivity index (χ0v) is 18.0. The summed E-state index contributed by atoms with van der Waals surface area (Å²) in [5, 5.41) is 2.80. The van der Waals surface area contributed by atoms with Crippen LogP contribution in [0.1, 0.15) is 28.3 Å². The Hall–Kier alpha value is -4.26. The van der Waals surface area contributed by atoms with Crippen molar-refractivity contribution in [1.82, 2.24) is 19.3 Å². The molecule has 0 radical (unpaired) electrons. The molecule has 4 aromatic rings. The van der Waals surface area contributed by atoms with Gasteiger partial charge in [0, 0.05) is 37.0 Å². The van der Waals surface area contributed by atoms with Gasteiger partial charge < -0.3 is 14.6 Å². The molecule has 0 aliphatic carbocycles. The van der Waals surface area contributed by atoms with Crippen molar-refractivity contribution in [3.63, 3.8) is 0 Å². The summed E-state index contributed by atoms with van der Waals surface area (Å²) >= 11 is 0. The summed E-state index contributed by atoms with van der Waals surface area (Å²) in [7, 11) is 0. The van der Waals surface area contributed by atoms with Crippen LogP contribution in [0, 0.1) is 0 Å². The number of anilines is 1. The van der Waals surface area contributed by atoms with Gasteiger partial charge >= 0.3 is 0 Å². The summed E-state index contributed by atoms with van der Waals surface area (Å²) in [6.45, 7) is 5.01. The molecule has 1 N–H and O–H groups in total. The second-order valence-electron chi connectivity index (χ2n) is 8.04. The van der Waals surface area contributed by atoms with Gasteiger partial charge in [-0.3, -0.25) is 9.59 Å². The molecule has 1 atom stereocenters. The topological polar surface area (TPSA) is 79.6 Å². The molecule has 3 aromatic heterocycles. The van der Waals surface area contributed by atoms with Crippen molar-refractivity contribution in [2.45, 2.75) is 12.3 Å². The summed E-state index contributed by atoms with van der Waals surface area (Å²) in [5.41, 5.74) is 4.81. The zero-order chi connectivity index (χ0) is 22.8. The Morgan fingerprint density at radius 3 is 2.70 bits per heavy atom. The second-order valence-corrected chi connectivity index (χ2v) is 8.04. The normalized spacial score (nSPS) is 15.5. The lowest BCUT2D eigenvalue weighted by Gasteiger charge is -2.13. The fourth-order valence-electron chi connectivity index (χ4n) is 4.39. The predicted molar refractivity (Wildman–Crippen MR) is 127 cm³/mol. The van der Waals surface area contributed by atoms with E-state index in [1.807, 2.05) is 41.3 Å². The van der Waals surface area contributed by atoms with E-state index in [0.29, 0.717) is 17.9 Å². The molecular weight excluding hydrogens is 414 g/mol. The largest absolute Gasteiger partial charge is 0.339 e. The van der Waals surface area contributed by atoms with Crippen molar-refractivity contribution >= 4 is 23.1 Å². The van der Waals surface area contributed by atoms with Gasteiger partial charge in [-0.25, -0.2) is 9.97 Å². The highest BCUT2D eigenvalue weighted by molar-refractivity contribution is 6.04. The first-order valence-corrected chi connectivity index (χ1v) is 10.8. The van der Waals surface area contributed by atoms with E-state index in [9.17, 15) is 9.59 Å². The van der Waals surface area contributed by atoms with Crippen LogP contribution in [-0.4, -0.2) is 44.2 Å². The van der Waals surface area contributed by atoms with E-state index in [1.165, 1.54) is 11.6 Å². The number of carbonyl (C=O) groups excluding carboxylic acids is 2. The van der Waals surface area contributed by atoms with Crippen molar-refractivity contribution in [3.05, 3.63) is 97.1 Å². The molecule has 0 saturated carbocycles. The van der Waals surface area contributed by atoms with E-state index in [0.717, 1.165) is 29.7 Å². The Bertz CT molecular complexity index is 1330. The summed E-state index contributed by atoms with van der Waals surface area (Å²) in [6.07, 6.45) is 7.51. The first-order valence-electron chi connectivity index (χ1n) is 10.8. The van der Waals surface area contributed by atoms with E-state index < -0.39 is 0 Å². The number of rotatable bonds is 5. The Kier molecular flexibility index (Phi) is 5.44. The van der Waals surface area contributed by atoms with Gasteiger partial charge in [-0.2, -0.15) is 0 Å². The average molecular weight is 438 g/mol. The molecular formula is C26H23N5O2. The van der Waals surface area contributed by atoms with Crippen LogP contribution in [0.5, 0.6) is 0 Å². The number of benzene rings is 1. The van der Waals surface area contributed by atoms with E-state index in [4.69, 9.17) is 0 Å². The van der Waals surface area contributed by atoms with E-state index in [2.05, 4.69) is 32.3 Å². The third-order valence-corrected chi connectivity index (χ3v) is 6.07. The highest BCUT2D eigenvalue weighted by Gasteiger charge is 2.28. The van der Waals surface area contributed by atoms with Crippen LogP contribution in [0.15, 0.2) is 86.0 Å². The maximum Gasteiger partial charge on any atom is 0.256 e. The van der Waals surface area contributed by atoms with Crippen LogP contribution in [0.4, 0.5) is 5.82 Å². The Morgan fingerprint density at radius 2 is 1.94 bits per heavy atom. The number of nitrogens with zero attached hydrogens (tertiary/aromatic N) is 4. The number of carbonyl (C=O) groups is 2. The molecule has 2 amide bonds. The third-order valence-electron chi connectivity index (χ3n) is 6.07. The van der Waals surface area contributed by atoms with Gasteiger partial charge in [-0.05, 0) is 60.0 Å². The molecule has 1 aliphatic rings. The molecule has 7 nitrogen and oxygen atoms in total. The maximum atomic E-state index is 12.6. The van der Waals surface area contributed by atoms with Crippen molar-refractivity contribution in [2.24, 2.45) is 0 Å². The number of nitrogens with one attached hydrogen (secondary N) is 1. The molecule has 164 valence electrons. The van der Waals surface area contributed by atoms with Gasteiger partial charge in [-0.1, -0.05) is 24.8 Å². The van der Waals surface area contributed by atoms with Gasteiger partial charge in [0.2, 0.25) is 5.91 Å². The molecule has 1 aliphatic heterocycles. The lowest BCUT2D eigenvalue weighted by atomic mass is 9.98. The van der Waals surface area contributed by atoms with E-state index in [1.54, 1.807) is 30.9 Å². The number of aromatic nitrogens is 3. The quantitative estimate of drug-likeness (QED) is 0.476. The van der Waals surface area contributed by atoms with Crippen molar-refractivity contribution in [1.29, 1.82) is 0 Å². The van der Waals surface area contributed by atoms with E-state index >= 15 is 0 Å². The van der Waals surface area contributed by atoms with Crippen LogP contribution in [0.2, 0.25) is 0 Å². The Labute approximate surface area is 191 Å². The maximum absolute atomic E-state index is 12.6. The van der Waals surface area contributed by atoms with Crippen LogP contribution in [0.25, 0.3) is 16.8 Å².